The van der Waals surface area contributed by atoms with E-state index in [2.05, 4.69) is 91.0 Å². The van der Waals surface area contributed by atoms with Crippen molar-refractivity contribution in [2.75, 3.05) is 0 Å². The second-order valence-corrected chi connectivity index (χ2v) is 12.4. The van der Waals surface area contributed by atoms with Crippen molar-refractivity contribution < 1.29 is 0 Å². The molecule has 0 atom stereocenters. The topological polar surface area (TPSA) is 0 Å². The van der Waals surface area contributed by atoms with E-state index in [9.17, 15) is 0 Å². The zero-order valence-corrected chi connectivity index (χ0v) is 14.7. The summed E-state index contributed by atoms with van der Waals surface area (Å²) in [5.74, 6) is 0.946. The summed E-state index contributed by atoms with van der Waals surface area (Å²) < 4.78 is 0. The first-order valence-electron chi connectivity index (χ1n) is 7.19. The lowest BCUT2D eigenvalue weighted by molar-refractivity contribution is 1.43. The van der Waals surface area contributed by atoms with Gasteiger partial charge in [-0.25, -0.2) is 0 Å². The van der Waals surface area contributed by atoms with Crippen LogP contribution < -0.4 is 10.6 Å². The van der Waals surface area contributed by atoms with Gasteiger partial charge in [-0.15, -0.1) is 11.4 Å². The van der Waals surface area contributed by atoms with Gasteiger partial charge in [0.15, 0.2) is 0 Å². The van der Waals surface area contributed by atoms with Crippen molar-refractivity contribution in [1.82, 2.24) is 0 Å². The third kappa shape index (κ3) is 3.52. The molecule has 0 aliphatic rings. The molecule has 3 rings (SSSR count). The quantitative estimate of drug-likeness (QED) is 0.602. The maximum absolute atomic E-state index is 6.21. The summed E-state index contributed by atoms with van der Waals surface area (Å²) >= 11 is 8.12. The Morgan fingerprint density at radius 2 is 1.05 bits per heavy atom. The lowest BCUT2D eigenvalue weighted by Gasteiger charge is -2.22. The maximum atomic E-state index is 6.21. The van der Waals surface area contributed by atoms with E-state index in [0.29, 0.717) is 0 Å². The van der Waals surface area contributed by atoms with Gasteiger partial charge in [-0.05, 0) is 16.2 Å². The van der Waals surface area contributed by atoms with Crippen molar-refractivity contribution in [2.24, 2.45) is 0 Å². The lowest BCUT2D eigenvalue weighted by atomic mass is 10.2. The summed E-state index contributed by atoms with van der Waals surface area (Å²) in [5.41, 5.74) is 1.33. The molecule has 0 saturated carbocycles. The molecule has 0 N–H and O–H groups in total. The van der Waals surface area contributed by atoms with Gasteiger partial charge in [0.05, 0.1) is 5.24 Å². The Kier molecular flexibility index (Phi) is 5.15. The van der Waals surface area contributed by atoms with Crippen LogP contribution in [0.15, 0.2) is 91.0 Å². The molecule has 0 radical (unpaired) electrons. The molecule has 0 aliphatic heterocycles. The fourth-order valence-electron chi connectivity index (χ4n) is 2.29. The number of rotatable bonds is 5. The van der Waals surface area contributed by atoms with E-state index >= 15 is 0 Å². The average Bonchev–Trinajstić information content (AvgIpc) is 2.62. The molecule has 0 saturated heterocycles. The number of hydrogen-bond donors (Lipinski definition) is 0. The third-order valence-corrected chi connectivity index (χ3v) is 11.2. The van der Waals surface area contributed by atoms with Gasteiger partial charge in [0, 0.05) is 5.75 Å². The maximum Gasteiger partial charge on any atom is 0.0616 e. The monoisotopic (exact) mass is 340 g/mol. The van der Waals surface area contributed by atoms with Gasteiger partial charge < -0.3 is 0 Å². The molecule has 0 fully saturated rings. The zero-order chi connectivity index (χ0) is 15.3. The molecular formula is C19H17PS2. The van der Waals surface area contributed by atoms with E-state index < -0.39 is 5.24 Å². The van der Waals surface area contributed by atoms with Gasteiger partial charge in [0.2, 0.25) is 0 Å². The summed E-state index contributed by atoms with van der Waals surface area (Å²) in [5, 5.41) is 0.711. The molecule has 3 heteroatoms. The van der Waals surface area contributed by atoms with Crippen LogP contribution in [0.1, 0.15) is 5.56 Å². The van der Waals surface area contributed by atoms with Gasteiger partial charge in [0.25, 0.3) is 0 Å². The molecule has 0 amide bonds. The van der Waals surface area contributed by atoms with Gasteiger partial charge in [-0.3, -0.25) is 0 Å². The Balaban J connectivity index is 1.95. The van der Waals surface area contributed by atoms with Crippen LogP contribution in [0.4, 0.5) is 0 Å². The molecule has 0 spiro atoms. The van der Waals surface area contributed by atoms with E-state index in [1.54, 1.807) is 0 Å². The van der Waals surface area contributed by atoms with Gasteiger partial charge >= 0.3 is 0 Å². The predicted octanol–water partition coefficient (Wildman–Crippen LogP) is 4.97. The summed E-state index contributed by atoms with van der Waals surface area (Å²) in [6.45, 7) is 0. The van der Waals surface area contributed by atoms with Crippen LogP contribution in [0.5, 0.6) is 0 Å². The SMILES string of the molecule is S=P(SCc1ccccc1)(c1ccccc1)c1ccccc1. The summed E-state index contributed by atoms with van der Waals surface area (Å²) in [4.78, 5) is 0. The van der Waals surface area contributed by atoms with Gasteiger partial charge in [0.1, 0.15) is 0 Å². The van der Waals surface area contributed by atoms with Crippen LogP contribution in [0.25, 0.3) is 0 Å². The van der Waals surface area contributed by atoms with Crippen LogP contribution in [-0.2, 0) is 17.6 Å². The highest BCUT2D eigenvalue weighted by atomic mass is 32.9. The van der Waals surface area contributed by atoms with E-state index in [1.807, 2.05) is 11.4 Å². The van der Waals surface area contributed by atoms with Crippen molar-refractivity contribution in [1.29, 1.82) is 0 Å². The number of hydrogen-bond acceptors (Lipinski definition) is 2. The van der Waals surface area contributed by atoms with Crippen molar-refractivity contribution in [3.05, 3.63) is 96.6 Å². The van der Waals surface area contributed by atoms with Crippen LogP contribution in [0.3, 0.4) is 0 Å². The minimum atomic E-state index is -1.84. The molecule has 3 aromatic carbocycles. The van der Waals surface area contributed by atoms with Crippen molar-refractivity contribution in [3.63, 3.8) is 0 Å². The standard InChI is InChI=1S/C19H17PS2/c21-20(18-12-6-2-7-13-18,19-14-8-3-9-15-19)22-16-17-10-4-1-5-11-17/h1-15H,16H2. The fraction of sp³-hybridized carbons (Fsp3) is 0.0526. The highest BCUT2D eigenvalue weighted by Crippen LogP contribution is 2.57. The molecule has 3 aromatic rings. The van der Waals surface area contributed by atoms with Crippen molar-refractivity contribution in [3.8, 4) is 0 Å². The van der Waals surface area contributed by atoms with Crippen LogP contribution >= 0.6 is 16.6 Å². The molecule has 110 valence electrons. The highest BCUT2D eigenvalue weighted by molar-refractivity contribution is 8.75. The molecule has 0 aliphatic carbocycles. The van der Waals surface area contributed by atoms with E-state index in [4.69, 9.17) is 11.8 Å². The average molecular weight is 340 g/mol. The predicted molar refractivity (Wildman–Crippen MR) is 104 cm³/mol. The second kappa shape index (κ2) is 7.28. The van der Waals surface area contributed by atoms with Gasteiger partial charge in [-0.2, -0.15) is 0 Å². The highest BCUT2D eigenvalue weighted by Gasteiger charge is 2.22. The Hall–Kier alpha value is -1.34. The minimum absolute atomic E-state index is 0.946. The first kappa shape index (κ1) is 15.6. The Bertz CT molecular complexity index is 712. The van der Waals surface area contributed by atoms with Crippen LogP contribution in [-0.4, -0.2) is 0 Å². The normalized spacial score (nSPS) is 11.3. The van der Waals surface area contributed by atoms with E-state index in [0.717, 1.165) is 5.75 Å². The first-order chi connectivity index (χ1) is 10.8. The summed E-state index contributed by atoms with van der Waals surface area (Å²) in [6, 6.07) is 31.7. The second-order valence-electron chi connectivity index (χ2n) is 4.98. The summed E-state index contributed by atoms with van der Waals surface area (Å²) in [7, 11) is 0. The largest absolute Gasteiger partial charge is 0.110 e. The molecule has 0 nitrogen and oxygen atoms in total. The first-order valence-corrected chi connectivity index (χ1v) is 11.6. The van der Waals surface area contributed by atoms with E-state index in [-0.39, 0.29) is 0 Å². The molecule has 0 heterocycles. The van der Waals surface area contributed by atoms with Crippen molar-refractivity contribution in [2.45, 2.75) is 5.75 Å². The van der Waals surface area contributed by atoms with Crippen LogP contribution in [0, 0.1) is 0 Å². The molecule has 0 unspecified atom stereocenters. The molecular weight excluding hydrogens is 323 g/mol. The fourth-order valence-corrected chi connectivity index (χ4v) is 8.36. The molecule has 0 aromatic heterocycles. The van der Waals surface area contributed by atoms with Gasteiger partial charge in [-0.1, -0.05) is 103 Å². The minimum Gasteiger partial charge on any atom is -0.110 e. The Morgan fingerprint density at radius 3 is 1.50 bits per heavy atom. The number of benzene rings is 3. The Morgan fingerprint density at radius 1 is 0.636 bits per heavy atom. The lowest BCUT2D eigenvalue weighted by Crippen LogP contribution is -2.13. The van der Waals surface area contributed by atoms with E-state index in [1.165, 1.54) is 16.2 Å². The van der Waals surface area contributed by atoms with Crippen LogP contribution in [0.2, 0.25) is 0 Å². The molecule has 22 heavy (non-hydrogen) atoms. The zero-order valence-electron chi connectivity index (χ0n) is 12.1. The third-order valence-electron chi connectivity index (χ3n) is 3.45. The smallest absolute Gasteiger partial charge is 0.0616 e. The molecule has 0 bridgehead atoms. The summed E-state index contributed by atoms with van der Waals surface area (Å²) in [6.07, 6.45) is 0. The Labute approximate surface area is 141 Å². The van der Waals surface area contributed by atoms with Crippen molar-refractivity contribution >= 4 is 39.0 Å².